The first-order valence-electron chi connectivity index (χ1n) is 8.73. The van der Waals surface area contributed by atoms with E-state index in [1.807, 2.05) is 6.08 Å². The standard InChI is InChI=1S/C17H33NO4S/c1-3-4-5-6-7-8-9-10-11-14-17(19)18(2)15-12-13-16-23(20,21)22/h11,14H,3-10,12-13,15-16H2,1-2H3,(H,20,21,22)/b14-11+. The van der Waals surface area contributed by atoms with E-state index in [1.165, 1.54) is 38.5 Å². The predicted molar refractivity (Wildman–Crippen MR) is 95.0 cm³/mol. The number of allylic oxidation sites excluding steroid dienone is 1. The van der Waals surface area contributed by atoms with Crippen LogP contribution in [0.1, 0.15) is 71.1 Å². The fraction of sp³-hybridized carbons (Fsp3) is 0.824. The Morgan fingerprint density at radius 2 is 1.61 bits per heavy atom. The third-order valence-corrected chi connectivity index (χ3v) is 4.56. The molecule has 0 heterocycles. The molecule has 1 amide bonds. The van der Waals surface area contributed by atoms with Crippen molar-refractivity contribution in [2.75, 3.05) is 19.3 Å². The average molecular weight is 348 g/mol. The minimum atomic E-state index is -3.89. The Hall–Kier alpha value is -0.880. The van der Waals surface area contributed by atoms with Crippen LogP contribution in [0.4, 0.5) is 0 Å². The number of rotatable bonds is 14. The van der Waals surface area contributed by atoms with Crippen molar-refractivity contribution in [1.29, 1.82) is 0 Å². The molecule has 0 aromatic carbocycles. The Morgan fingerprint density at radius 3 is 2.22 bits per heavy atom. The van der Waals surface area contributed by atoms with E-state index in [0.717, 1.165) is 12.8 Å². The normalized spacial score (nSPS) is 12.0. The Balaban J connectivity index is 3.62. The number of unbranched alkanes of at least 4 members (excludes halogenated alkanes) is 8. The Kier molecular flexibility index (Phi) is 13.0. The quantitative estimate of drug-likeness (QED) is 0.294. The van der Waals surface area contributed by atoms with Crippen molar-refractivity contribution in [2.24, 2.45) is 0 Å². The Morgan fingerprint density at radius 1 is 1.00 bits per heavy atom. The molecular formula is C17H33NO4S. The average Bonchev–Trinajstić information content (AvgIpc) is 2.48. The predicted octanol–water partition coefficient (Wildman–Crippen LogP) is 3.81. The van der Waals surface area contributed by atoms with Crippen LogP contribution >= 0.6 is 0 Å². The molecule has 0 fully saturated rings. The van der Waals surface area contributed by atoms with E-state index in [-0.39, 0.29) is 11.7 Å². The number of hydrogen-bond acceptors (Lipinski definition) is 3. The van der Waals surface area contributed by atoms with E-state index < -0.39 is 10.1 Å². The van der Waals surface area contributed by atoms with E-state index in [0.29, 0.717) is 19.4 Å². The second-order valence-electron chi connectivity index (χ2n) is 6.07. The van der Waals surface area contributed by atoms with Gasteiger partial charge in [-0.25, -0.2) is 0 Å². The molecule has 0 aromatic heterocycles. The lowest BCUT2D eigenvalue weighted by atomic mass is 10.1. The van der Waals surface area contributed by atoms with E-state index in [9.17, 15) is 13.2 Å². The molecule has 0 bridgehead atoms. The summed E-state index contributed by atoms with van der Waals surface area (Å²) in [5.74, 6) is -0.303. The van der Waals surface area contributed by atoms with Crippen LogP contribution in [0, 0.1) is 0 Å². The summed E-state index contributed by atoms with van der Waals surface area (Å²) in [6, 6.07) is 0. The lowest BCUT2D eigenvalue weighted by molar-refractivity contribution is -0.124. The number of amides is 1. The minimum Gasteiger partial charge on any atom is -0.342 e. The zero-order valence-electron chi connectivity index (χ0n) is 14.7. The molecule has 0 saturated heterocycles. The molecule has 5 nitrogen and oxygen atoms in total. The van der Waals surface area contributed by atoms with Gasteiger partial charge in [-0.15, -0.1) is 0 Å². The highest BCUT2D eigenvalue weighted by Gasteiger charge is 2.07. The van der Waals surface area contributed by atoms with Crippen LogP contribution in [0.2, 0.25) is 0 Å². The van der Waals surface area contributed by atoms with Gasteiger partial charge < -0.3 is 4.90 Å². The molecule has 0 atom stereocenters. The third-order valence-electron chi connectivity index (χ3n) is 3.76. The van der Waals surface area contributed by atoms with Crippen LogP contribution < -0.4 is 0 Å². The van der Waals surface area contributed by atoms with Crippen LogP contribution in [0.3, 0.4) is 0 Å². The number of nitrogens with zero attached hydrogens (tertiary/aromatic N) is 1. The molecule has 0 rings (SSSR count). The topological polar surface area (TPSA) is 74.7 Å². The van der Waals surface area contributed by atoms with Crippen LogP contribution in [-0.4, -0.2) is 43.1 Å². The van der Waals surface area contributed by atoms with Crippen LogP contribution in [0.15, 0.2) is 12.2 Å². The molecule has 0 spiro atoms. The second kappa shape index (κ2) is 13.5. The summed E-state index contributed by atoms with van der Waals surface area (Å²) in [5.41, 5.74) is 0. The molecule has 0 unspecified atom stereocenters. The molecule has 23 heavy (non-hydrogen) atoms. The van der Waals surface area contributed by atoms with Gasteiger partial charge >= 0.3 is 0 Å². The van der Waals surface area contributed by atoms with Gasteiger partial charge in [0.1, 0.15) is 0 Å². The first-order chi connectivity index (χ1) is 10.9. The van der Waals surface area contributed by atoms with E-state index >= 15 is 0 Å². The molecule has 6 heteroatoms. The highest BCUT2D eigenvalue weighted by Crippen LogP contribution is 2.08. The molecule has 136 valence electrons. The number of hydrogen-bond donors (Lipinski definition) is 1. The van der Waals surface area contributed by atoms with Gasteiger partial charge in [0, 0.05) is 13.6 Å². The summed E-state index contributed by atoms with van der Waals surface area (Å²) in [7, 11) is -2.19. The van der Waals surface area contributed by atoms with Crippen LogP contribution in [0.25, 0.3) is 0 Å². The molecular weight excluding hydrogens is 314 g/mol. The van der Waals surface area contributed by atoms with Crippen molar-refractivity contribution < 1.29 is 17.8 Å². The van der Waals surface area contributed by atoms with Gasteiger partial charge in [0.15, 0.2) is 0 Å². The van der Waals surface area contributed by atoms with E-state index in [2.05, 4.69) is 6.92 Å². The van der Waals surface area contributed by atoms with Gasteiger partial charge in [-0.1, -0.05) is 51.5 Å². The van der Waals surface area contributed by atoms with Gasteiger partial charge in [-0.2, -0.15) is 8.42 Å². The fourth-order valence-electron chi connectivity index (χ4n) is 2.27. The smallest absolute Gasteiger partial charge is 0.264 e. The van der Waals surface area contributed by atoms with Crippen molar-refractivity contribution in [1.82, 2.24) is 4.90 Å². The SMILES string of the molecule is CCCCCCCCC/C=C/C(=O)N(C)CCCCS(=O)(=O)O. The third kappa shape index (κ3) is 15.8. The maximum Gasteiger partial charge on any atom is 0.264 e. The maximum absolute atomic E-state index is 11.8. The summed E-state index contributed by atoms with van der Waals surface area (Å²) in [6.45, 7) is 2.71. The highest BCUT2D eigenvalue weighted by molar-refractivity contribution is 7.85. The number of carbonyl (C=O) groups is 1. The maximum atomic E-state index is 11.8. The lowest BCUT2D eigenvalue weighted by Gasteiger charge is -2.14. The molecule has 0 aliphatic carbocycles. The summed E-state index contributed by atoms with van der Waals surface area (Å²) in [4.78, 5) is 13.4. The molecule has 0 aliphatic heterocycles. The monoisotopic (exact) mass is 347 g/mol. The minimum absolute atomic E-state index is 0.0557. The zero-order chi connectivity index (χ0) is 17.6. The second-order valence-corrected chi connectivity index (χ2v) is 7.64. The van der Waals surface area contributed by atoms with Crippen LogP contribution in [0.5, 0.6) is 0 Å². The number of likely N-dealkylation sites (N-methyl/N-ethyl adjacent to an activating group) is 1. The largest absolute Gasteiger partial charge is 0.342 e. The van der Waals surface area contributed by atoms with E-state index in [4.69, 9.17) is 4.55 Å². The molecule has 0 saturated carbocycles. The summed E-state index contributed by atoms with van der Waals surface area (Å²) >= 11 is 0. The summed E-state index contributed by atoms with van der Waals surface area (Å²) < 4.78 is 29.8. The first-order valence-corrected chi connectivity index (χ1v) is 10.3. The molecule has 0 aliphatic rings. The molecule has 0 radical (unpaired) electrons. The molecule has 0 aromatic rings. The van der Waals surface area contributed by atoms with E-state index in [1.54, 1.807) is 18.0 Å². The Bertz CT molecular complexity index is 432. The van der Waals surface area contributed by atoms with Crippen molar-refractivity contribution in [2.45, 2.75) is 71.1 Å². The van der Waals surface area contributed by atoms with Crippen molar-refractivity contribution in [3.05, 3.63) is 12.2 Å². The van der Waals surface area contributed by atoms with Crippen molar-refractivity contribution in [3.8, 4) is 0 Å². The van der Waals surface area contributed by atoms with Gasteiger partial charge in [-0.3, -0.25) is 9.35 Å². The fourth-order valence-corrected chi connectivity index (χ4v) is 2.84. The zero-order valence-corrected chi connectivity index (χ0v) is 15.5. The summed E-state index contributed by atoms with van der Waals surface area (Å²) in [5, 5.41) is 0. The lowest BCUT2D eigenvalue weighted by Crippen LogP contribution is -2.26. The summed E-state index contributed by atoms with van der Waals surface area (Å²) in [6.07, 6.45) is 14.2. The first kappa shape index (κ1) is 22.1. The van der Waals surface area contributed by atoms with Crippen LogP contribution in [-0.2, 0) is 14.9 Å². The van der Waals surface area contributed by atoms with Gasteiger partial charge in [-0.05, 0) is 31.8 Å². The molecule has 1 N–H and O–H groups in total. The van der Waals surface area contributed by atoms with Gasteiger partial charge in [0.25, 0.3) is 10.1 Å². The Labute approximate surface area is 141 Å². The van der Waals surface area contributed by atoms with Crippen molar-refractivity contribution in [3.63, 3.8) is 0 Å². The van der Waals surface area contributed by atoms with Crippen molar-refractivity contribution >= 4 is 16.0 Å². The highest BCUT2D eigenvalue weighted by atomic mass is 32.2. The number of carbonyl (C=O) groups excluding carboxylic acids is 1. The van der Waals surface area contributed by atoms with Gasteiger partial charge in [0.2, 0.25) is 5.91 Å². The van der Waals surface area contributed by atoms with Gasteiger partial charge in [0.05, 0.1) is 5.75 Å².